The van der Waals surface area contributed by atoms with Crippen molar-refractivity contribution in [3.63, 3.8) is 0 Å². The summed E-state index contributed by atoms with van der Waals surface area (Å²) < 4.78 is 25.9. The molecule has 0 spiro atoms. The van der Waals surface area contributed by atoms with Crippen LogP contribution < -0.4 is 10.6 Å². The highest BCUT2D eigenvalue weighted by Crippen LogP contribution is 2.35. The number of aryl methyl sites for hydroxylation is 1. The number of rotatable bonds is 6. The van der Waals surface area contributed by atoms with Crippen molar-refractivity contribution in [3.05, 3.63) is 88.6 Å². The van der Waals surface area contributed by atoms with E-state index in [1.165, 1.54) is 6.07 Å². The van der Waals surface area contributed by atoms with E-state index in [-0.39, 0.29) is 9.79 Å². The Bertz CT molecular complexity index is 1490. The Morgan fingerprint density at radius 1 is 0.949 bits per heavy atom. The number of nitrogens with two attached hydrogens (primary N) is 1. The summed E-state index contributed by atoms with van der Waals surface area (Å²) in [5.41, 5.74) is 10.8. The third-order valence-corrected chi connectivity index (χ3v) is 10.2. The zero-order chi connectivity index (χ0) is 27.6. The summed E-state index contributed by atoms with van der Waals surface area (Å²) >= 11 is 6.00. The van der Waals surface area contributed by atoms with Gasteiger partial charge in [0.05, 0.1) is 21.2 Å². The Kier molecular flexibility index (Phi) is 8.15. The average molecular weight is 564 g/mol. The topological polar surface area (TPSA) is 83.7 Å². The van der Waals surface area contributed by atoms with Crippen molar-refractivity contribution < 1.29 is 13.2 Å². The summed E-state index contributed by atoms with van der Waals surface area (Å²) in [6, 6.07) is 19.9. The quantitative estimate of drug-likeness (QED) is 0.306. The molecule has 2 aliphatic rings. The summed E-state index contributed by atoms with van der Waals surface area (Å²) in [6.45, 7) is 4.73. The zero-order valence-corrected chi connectivity index (χ0v) is 23.7. The van der Waals surface area contributed by atoms with E-state index >= 15 is 0 Å². The molecule has 3 aromatic rings. The van der Waals surface area contributed by atoms with Gasteiger partial charge in [0.1, 0.15) is 11.6 Å². The van der Waals surface area contributed by atoms with Crippen LogP contribution in [0.1, 0.15) is 36.8 Å². The number of anilines is 2. The van der Waals surface area contributed by atoms with Gasteiger partial charge in [0.2, 0.25) is 9.84 Å². The Labute approximate surface area is 236 Å². The molecule has 0 aromatic heterocycles. The number of hydrogen-bond acceptors (Lipinski definition) is 6. The largest absolute Gasteiger partial charge is 0.397 e. The van der Waals surface area contributed by atoms with Gasteiger partial charge in [-0.1, -0.05) is 41.9 Å². The summed E-state index contributed by atoms with van der Waals surface area (Å²) in [5.74, 6) is 2.75. The summed E-state index contributed by atoms with van der Waals surface area (Å²) in [5, 5.41) is 0.402. The van der Waals surface area contributed by atoms with Crippen molar-refractivity contribution >= 4 is 38.8 Å². The van der Waals surface area contributed by atoms with Crippen molar-refractivity contribution in [1.82, 2.24) is 4.90 Å². The molecule has 5 rings (SSSR count). The molecule has 2 fully saturated rings. The molecule has 3 aromatic carbocycles. The predicted octanol–water partition coefficient (Wildman–Crippen LogP) is 5.70. The number of halogens is 1. The zero-order valence-electron chi connectivity index (χ0n) is 22.1. The fourth-order valence-electron chi connectivity index (χ4n) is 5.85. The maximum Gasteiger partial charge on any atom is 0.206 e. The molecule has 1 atom stereocenters. The Hall–Kier alpha value is -3.09. The fourth-order valence-corrected chi connectivity index (χ4v) is 7.42. The Balaban J connectivity index is 1.16. The van der Waals surface area contributed by atoms with E-state index in [1.54, 1.807) is 30.3 Å². The first-order valence-corrected chi connectivity index (χ1v) is 15.3. The molecule has 1 unspecified atom stereocenters. The molecule has 2 saturated heterocycles. The van der Waals surface area contributed by atoms with Gasteiger partial charge in [-0.2, -0.15) is 0 Å². The van der Waals surface area contributed by atoms with Gasteiger partial charge < -0.3 is 10.6 Å². The Morgan fingerprint density at radius 2 is 1.67 bits per heavy atom. The number of nitrogens with zero attached hydrogens (tertiary/aromatic N) is 2. The first-order chi connectivity index (χ1) is 18.8. The molecule has 0 amide bonds. The third kappa shape index (κ3) is 5.92. The van der Waals surface area contributed by atoms with Gasteiger partial charge in [-0.25, -0.2) is 13.2 Å². The van der Waals surface area contributed by atoms with Gasteiger partial charge in [0.25, 0.3) is 0 Å². The van der Waals surface area contributed by atoms with Crippen LogP contribution in [0.2, 0.25) is 5.02 Å². The maximum absolute atomic E-state index is 13.0. The summed E-state index contributed by atoms with van der Waals surface area (Å²) in [6.07, 6.45) is 4.74. The van der Waals surface area contributed by atoms with Crippen LogP contribution in [-0.4, -0.2) is 44.9 Å². The molecule has 2 N–H and O–H groups in total. The summed E-state index contributed by atoms with van der Waals surface area (Å²) in [7, 11) is -3.60. The number of hydrogen-bond donors (Lipinski definition) is 1. The molecule has 0 bridgehead atoms. The first-order valence-electron chi connectivity index (χ1n) is 13.5. The molecule has 0 aliphatic carbocycles. The molecule has 0 radical (unpaired) electrons. The number of piperidine rings is 2. The molecule has 39 heavy (non-hydrogen) atoms. The van der Waals surface area contributed by atoms with Gasteiger partial charge in [-0.15, -0.1) is 0 Å². The monoisotopic (exact) mass is 563 g/mol. The molecule has 0 saturated carbocycles. The van der Waals surface area contributed by atoms with Crippen LogP contribution in [-0.2, 0) is 21.1 Å². The van der Waals surface area contributed by atoms with Gasteiger partial charge >= 0.3 is 0 Å². The van der Waals surface area contributed by atoms with E-state index in [9.17, 15) is 13.2 Å². The lowest BCUT2D eigenvalue weighted by molar-refractivity contribution is 0.121. The molecule has 2 aliphatic heterocycles. The number of sulfone groups is 1. The van der Waals surface area contributed by atoms with Crippen molar-refractivity contribution in [2.24, 2.45) is 5.92 Å². The van der Waals surface area contributed by atoms with E-state index < -0.39 is 9.84 Å². The van der Waals surface area contributed by atoms with Crippen molar-refractivity contribution in [3.8, 4) is 0 Å². The minimum atomic E-state index is -3.60. The second-order valence-corrected chi connectivity index (χ2v) is 13.0. The molecule has 2 heterocycles. The van der Waals surface area contributed by atoms with Gasteiger partial charge in [-0.3, -0.25) is 4.90 Å². The van der Waals surface area contributed by atoms with E-state index in [1.807, 2.05) is 42.2 Å². The van der Waals surface area contributed by atoms with Crippen LogP contribution in [0.5, 0.6) is 0 Å². The molecule has 6 nitrogen and oxygen atoms in total. The van der Waals surface area contributed by atoms with Crippen LogP contribution in [0, 0.1) is 12.8 Å². The van der Waals surface area contributed by atoms with E-state index in [2.05, 4.69) is 10.8 Å². The number of carbonyl (C=O) groups excluding carboxylic acids is 1. The molecular weight excluding hydrogens is 530 g/mol. The van der Waals surface area contributed by atoms with Crippen molar-refractivity contribution in [1.29, 1.82) is 0 Å². The highest BCUT2D eigenvalue weighted by molar-refractivity contribution is 7.91. The van der Waals surface area contributed by atoms with Gasteiger partial charge in [0.15, 0.2) is 0 Å². The second-order valence-electron chi connectivity index (χ2n) is 10.6. The standard InChI is InChI=1S/C31H34ClN3O3S/c1-22-4-2-7-30(31(22)33)35-17-14-26(20-27(35)21-36)34-15-12-24(13-16-34)18-23-8-10-28(11-9-23)39(37,38)29-6-3-5-25(32)19-29/h2-11,19,24,26H,12-18,20,33H2,1H3. The van der Waals surface area contributed by atoms with Crippen LogP contribution >= 0.6 is 11.6 Å². The molecular formula is C31H34ClN3O3S. The van der Waals surface area contributed by atoms with E-state index in [4.69, 9.17) is 17.3 Å². The van der Waals surface area contributed by atoms with Crippen molar-refractivity contribution in [2.45, 2.75) is 54.9 Å². The summed E-state index contributed by atoms with van der Waals surface area (Å²) in [4.78, 5) is 16.9. The molecule has 8 heteroatoms. The number of para-hydroxylation sites is 1. The predicted molar refractivity (Wildman–Crippen MR) is 157 cm³/mol. The van der Waals surface area contributed by atoms with E-state index in [0.29, 0.717) is 29.1 Å². The van der Waals surface area contributed by atoms with Crippen LogP contribution in [0.15, 0.2) is 82.2 Å². The Morgan fingerprint density at radius 3 is 2.36 bits per heavy atom. The number of nitrogen functional groups attached to an aromatic ring is 1. The highest BCUT2D eigenvalue weighted by atomic mass is 35.5. The smallest absolute Gasteiger partial charge is 0.206 e. The van der Waals surface area contributed by atoms with E-state index in [0.717, 1.165) is 67.8 Å². The number of likely N-dealkylation sites (tertiary alicyclic amines) is 1. The van der Waals surface area contributed by atoms with Crippen LogP contribution in [0.25, 0.3) is 0 Å². The van der Waals surface area contributed by atoms with Crippen LogP contribution in [0.4, 0.5) is 11.4 Å². The lowest BCUT2D eigenvalue weighted by Crippen LogP contribution is -2.47. The normalized spacial score (nSPS) is 19.2. The lowest BCUT2D eigenvalue weighted by atomic mass is 9.88. The molecule has 204 valence electrons. The minimum Gasteiger partial charge on any atom is -0.397 e. The minimum absolute atomic E-state index is 0.205. The van der Waals surface area contributed by atoms with Gasteiger partial charge in [-0.05, 0) is 99.1 Å². The SMILES string of the molecule is Cc1cccc(N2CCC(N3CCC(Cc4ccc(S(=O)(=O)c5cccc(Cl)c5)cc4)CC3)CC2=C=O)c1N. The second kappa shape index (κ2) is 11.6. The average Bonchev–Trinajstić information content (AvgIpc) is 2.95. The number of benzene rings is 3. The fraction of sp³-hybridized carbons (Fsp3) is 0.355. The van der Waals surface area contributed by atoms with Crippen molar-refractivity contribution in [2.75, 3.05) is 30.3 Å². The van der Waals surface area contributed by atoms with Gasteiger partial charge in [0, 0.05) is 24.0 Å². The third-order valence-electron chi connectivity index (χ3n) is 8.18. The van der Waals surface area contributed by atoms with Crippen LogP contribution in [0.3, 0.4) is 0 Å². The first kappa shape index (κ1) is 27.5. The maximum atomic E-state index is 13.0. The highest BCUT2D eigenvalue weighted by Gasteiger charge is 2.32. The lowest BCUT2D eigenvalue weighted by Gasteiger charge is -2.42.